The largest absolute Gasteiger partial charge is 0.326 e. The molecule has 0 bridgehead atoms. The Bertz CT molecular complexity index is 900. The maximum Gasteiger partial charge on any atom is 0.238 e. The summed E-state index contributed by atoms with van der Waals surface area (Å²) in [5, 5.41) is 2.85. The molecule has 0 unspecified atom stereocenters. The molecule has 2 amide bonds. The van der Waals surface area contributed by atoms with Crippen molar-refractivity contribution in [3.05, 3.63) is 59.7 Å². The summed E-state index contributed by atoms with van der Waals surface area (Å²) in [5.74, 6) is 0.681. The average Bonchev–Trinajstić information content (AvgIpc) is 3.10. The lowest BCUT2D eigenvalue weighted by atomic mass is 9.95. The van der Waals surface area contributed by atoms with E-state index in [0.717, 1.165) is 24.1 Å². The molecule has 1 aliphatic rings. The minimum Gasteiger partial charge on any atom is -0.326 e. The summed E-state index contributed by atoms with van der Waals surface area (Å²) in [4.78, 5) is 27.2. The highest BCUT2D eigenvalue weighted by Gasteiger charge is 2.35. The zero-order valence-corrected chi connectivity index (χ0v) is 18.6. The van der Waals surface area contributed by atoms with Crippen molar-refractivity contribution in [2.24, 2.45) is 5.41 Å². The lowest BCUT2D eigenvalue weighted by Gasteiger charge is -2.27. The quantitative estimate of drug-likeness (QED) is 0.580. The highest BCUT2D eigenvalue weighted by Crippen LogP contribution is 2.43. The fourth-order valence-corrected chi connectivity index (χ4v) is 4.57. The number of rotatable bonds is 7. The molecular weight excluding hydrogens is 404 g/mol. The third-order valence-electron chi connectivity index (χ3n) is 5.02. The van der Waals surface area contributed by atoms with Crippen LogP contribution in [0.15, 0.2) is 48.5 Å². The molecule has 4 nitrogen and oxygen atoms in total. The number of hydrogen-bond donors (Lipinski definition) is 1. The van der Waals surface area contributed by atoms with Gasteiger partial charge in [-0.25, -0.2) is 0 Å². The summed E-state index contributed by atoms with van der Waals surface area (Å²) in [6.07, 6.45) is 1.95. The van der Waals surface area contributed by atoms with Gasteiger partial charge >= 0.3 is 0 Å². The van der Waals surface area contributed by atoms with Gasteiger partial charge in [-0.2, -0.15) is 0 Å². The van der Waals surface area contributed by atoms with Crippen LogP contribution >= 0.6 is 23.4 Å². The number of para-hydroxylation sites is 1. The Morgan fingerprint density at radius 3 is 2.72 bits per heavy atom. The molecule has 154 valence electrons. The molecule has 0 radical (unpaired) electrons. The Balaban J connectivity index is 1.90. The van der Waals surface area contributed by atoms with E-state index in [1.807, 2.05) is 61.2 Å². The van der Waals surface area contributed by atoms with Gasteiger partial charge < -0.3 is 5.32 Å². The molecule has 2 aromatic rings. The summed E-state index contributed by atoms with van der Waals surface area (Å²) in [6.45, 7) is 5.78. The van der Waals surface area contributed by atoms with Gasteiger partial charge in [0.25, 0.3) is 0 Å². The molecule has 0 spiro atoms. The van der Waals surface area contributed by atoms with E-state index in [-0.39, 0.29) is 23.1 Å². The van der Waals surface area contributed by atoms with Crippen LogP contribution in [0, 0.1) is 5.41 Å². The molecule has 3 rings (SSSR count). The van der Waals surface area contributed by atoms with Crippen molar-refractivity contribution in [1.82, 2.24) is 0 Å². The maximum absolute atomic E-state index is 12.8. The Morgan fingerprint density at radius 1 is 1.24 bits per heavy atom. The molecule has 1 heterocycles. The molecule has 0 aromatic heterocycles. The monoisotopic (exact) mass is 430 g/mol. The standard InChI is InChI=1S/C23H27ClN2O2S/c1-4-8-16-9-5-6-12-19(16)26-20(27)14-29-21(26)17-10-7-11-18(13-17)25-22(28)23(2,3)15-24/h5-7,9-13,21H,4,8,14-15H2,1-3H3,(H,25,28)/t21-/m1/s1. The predicted octanol–water partition coefficient (Wildman–Crippen LogP) is 5.62. The van der Waals surface area contributed by atoms with E-state index in [4.69, 9.17) is 11.6 Å². The fraction of sp³-hybridized carbons (Fsp3) is 0.391. The molecule has 2 aromatic carbocycles. The van der Waals surface area contributed by atoms with Crippen LogP contribution in [-0.2, 0) is 16.0 Å². The lowest BCUT2D eigenvalue weighted by Crippen LogP contribution is -2.32. The van der Waals surface area contributed by atoms with Crippen molar-refractivity contribution in [1.29, 1.82) is 0 Å². The number of nitrogens with zero attached hydrogens (tertiary/aromatic N) is 1. The molecule has 1 fully saturated rings. The average molecular weight is 431 g/mol. The molecule has 6 heteroatoms. The highest BCUT2D eigenvalue weighted by atomic mass is 35.5. The molecule has 1 atom stereocenters. The summed E-state index contributed by atoms with van der Waals surface area (Å²) in [7, 11) is 0. The molecule has 1 aliphatic heterocycles. The van der Waals surface area contributed by atoms with Crippen molar-refractivity contribution in [2.45, 2.75) is 39.0 Å². The molecular formula is C23H27ClN2O2S. The van der Waals surface area contributed by atoms with Gasteiger partial charge in [-0.05, 0) is 49.6 Å². The second kappa shape index (κ2) is 9.23. The van der Waals surface area contributed by atoms with Gasteiger partial charge in [0.2, 0.25) is 11.8 Å². The summed E-state index contributed by atoms with van der Waals surface area (Å²) in [5.41, 5.74) is 3.22. The number of halogens is 1. The van der Waals surface area contributed by atoms with Crippen LogP contribution in [0.3, 0.4) is 0 Å². The Kier molecular flexibility index (Phi) is 6.91. The first-order valence-corrected chi connectivity index (χ1v) is 11.4. The van der Waals surface area contributed by atoms with Crippen molar-refractivity contribution >= 4 is 46.6 Å². The summed E-state index contributed by atoms with van der Waals surface area (Å²) >= 11 is 7.54. The number of benzene rings is 2. The summed E-state index contributed by atoms with van der Waals surface area (Å²) < 4.78 is 0. The minimum absolute atomic E-state index is 0.112. The molecule has 1 saturated heterocycles. The minimum atomic E-state index is -0.652. The van der Waals surface area contributed by atoms with Crippen LogP contribution in [0.25, 0.3) is 0 Å². The Hall–Kier alpha value is -1.98. The van der Waals surface area contributed by atoms with E-state index in [0.29, 0.717) is 11.4 Å². The van der Waals surface area contributed by atoms with E-state index < -0.39 is 5.41 Å². The van der Waals surface area contributed by atoms with Crippen molar-refractivity contribution in [2.75, 3.05) is 21.8 Å². The number of nitrogens with one attached hydrogen (secondary N) is 1. The number of thioether (sulfide) groups is 1. The Labute approximate surface area is 182 Å². The van der Waals surface area contributed by atoms with E-state index in [1.165, 1.54) is 5.56 Å². The second-order valence-electron chi connectivity index (χ2n) is 7.90. The van der Waals surface area contributed by atoms with Gasteiger partial charge in [0.1, 0.15) is 5.37 Å². The number of aryl methyl sites for hydroxylation is 1. The maximum atomic E-state index is 12.8. The van der Waals surface area contributed by atoms with Gasteiger partial charge in [0, 0.05) is 17.3 Å². The van der Waals surface area contributed by atoms with E-state index in [2.05, 4.69) is 18.3 Å². The van der Waals surface area contributed by atoms with Gasteiger partial charge in [-0.1, -0.05) is 43.7 Å². The second-order valence-corrected chi connectivity index (χ2v) is 9.24. The topological polar surface area (TPSA) is 49.4 Å². The molecule has 29 heavy (non-hydrogen) atoms. The number of carbonyl (C=O) groups excluding carboxylic acids is 2. The van der Waals surface area contributed by atoms with E-state index in [1.54, 1.807) is 11.8 Å². The van der Waals surface area contributed by atoms with Crippen LogP contribution in [0.5, 0.6) is 0 Å². The van der Waals surface area contributed by atoms with Crippen LogP contribution < -0.4 is 10.2 Å². The zero-order valence-electron chi connectivity index (χ0n) is 17.1. The first kappa shape index (κ1) is 21.7. The molecule has 0 aliphatic carbocycles. The number of carbonyl (C=O) groups is 2. The normalized spacial score (nSPS) is 16.9. The van der Waals surface area contributed by atoms with Gasteiger partial charge in [0.15, 0.2) is 0 Å². The highest BCUT2D eigenvalue weighted by molar-refractivity contribution is 8.00. The van der Waals surface area contributed by atoms with Crippen LogP contribution in [0.1, 0.15) is 43.7 Å². The molecule has 0 saturated carbocycles. The Morgan fingerprint density at radius 2 is 2.00 bits per heavy atom. The fourth-order valence-electron chi connectivity index (χ4n) is 3.29. The van der Waals surface area contributed by atoms with Gasteiger partial charge in [-0.15, -0.1) is 23.4 Å². The van der Waals surface area contributed by atoms with Crippen LogP contribution in [0.2, 0.25) is 0 Å². The first-order chi connectivity index (χ1) is 13.9. The predicted molar refractivity (Wildman–Crippen MR) is 123 cm³/mol. The van der Waals surface area contributed by atoms with Gasteiger partial charge in [-0.3, -0.25) is 14.5 Å². The SMILES string of the molecule is CCCc1ccccc1N1C(=O)CS[C@@H]1c1cccc(NC(=O)C(C)(C)CCl)c1. The van der Waals surface area contributed by atoms with Crippen LogP contribution in [0.4, 0.5) is 11.4 Å². The zero-order chi connectivity index (χ0) is 21.0. The van der Waals surface area contributed by atoms with Crippen LogP contribution in [-0.4, -0.2) is 23.4 Å². The van der Waals surface area contributed by atoms with Gasteiger partial charge in [0.05, 0.1) is 11.2 Å². The van der Waals surface area contributed by atoms with E-state index >= 15 is 0 Å². The van der Waals surface area contributed by atoms with Crippen molar-refractivity contribution in [3.63, 3.8) is 0 Å². The summed E-state index contributed by atoms with van der Waals surface area (Å²) in [6, 6.07) is 15.9. The lowest BCUT2D eigenvalue weighted by molar-refractivity contribution is -0.123. The van der Waals surface area contributed by atoms with Crippen molar-refractivity contribution < 1.29 is 9.59 Å². The third-order valence-corrected chi connectivity index (χ3v) is 6.90. The molecule has 1 N–H and O–H groups in total. The third kappa shape index (κ3) is 4.78. The first-order valence-electron chi connectivity index (χ1n) is 9.86. The smallest absolute Gasteiger partial charge is 0.238 e. The van der Waals surface area contributed by atoms with Crippen molar-refractivity contribution in [3.8, 4) is 0 Å². The number of anilines is 2. The number of hydrogen-bond acceptors (Lipinski definition) is 3. The number of amides is 2. The van der Waals surface area contributed by atoms with E-state index in [9.17, 15) is 9.59 Å². The number of alkyl halides is 1.